The summed E-state index contributed by atoms with van der Waals surface area (Å²) in [4.78, 5) is 21.2. The van der Waals surface area contributed by atoms with Crippen LogP contribution < -0.4 is 10.6 Å². The highest BCUT2D eigenvalue weighted by Gasteiger charge is 1.93. The molecule has 0 fully saturated rings. The van der Waals surface area contributed by atoms with Gasteiger partial charge in [-0.15, -0.1) is 0 Å². The van der Waals surface area contributed by atoms with Gasteiger partial charge < -0.3 is 10.6 Å². The van der Waals surface area contributed by atoms with E-state index in [0.29, 0.717) is 11.4 Å². The van der Waals surface area contributed by atoms with Crippen molar-refractivity contribution in [2.45, 2.75) is 13.8 Å². The minimum absolute atomic E-state index is 0.190. The van der Waals surface area contributed by atoms with Crippen molar-refractivity contribution in [2.75, 3.05) is 0 Å². The summed E-state index contributed by atoms with van der Waals surface area (Å²) < 4.78 is 0. The molecule has 14 heavy (non-hydrogen) atoms. The second kappa shape index (κ2) is 5.75. The molecule has 2 amide bonds. The van der Waals surface area contributed by atoms with E-state index >= 15 is 0 Å². The summed E-state index contributed by atoms with van der Waals surface area (Å²) in [7, 11) is 0. The van der Waals surface area contributed by atoms with Gasteiger partial charge in [-0.05, 0) is 12.2 Å². The Balaban J connectivity index is 4.04. The Hall–Kier alpha value is -1.84. The average Bonchev–Trinajstić information content (AvgIpc) is 1.98. The van der Waals surface area contributed by atoms with Crippen molar-refractivity contribution < 1.29 is 9.59 Å². The Morgan fingerprint density at radius 2 is 1.21 bits per heavy atom. The summed E-state index contributed by atoms with van der Waals surface area (Å²) in [6.45, 7) is 9.93. The number of rotatable bonds is 4. The van der Waals surface area contributed by atoms with E-state index in [4.69, 9.17) is 0 Å². The second-order valence-electron chi connectivity index (χ2n) is 2.75. The normalized spacial score (nSPS) is 9.57. The topological polar surface area (TPSA) is 58.2 Å². The first kappa shape index (κ1) is 12.2. The molecule has 0 heterocycles. The van der Waals surface area contributed by atoms with E-state index in [-0.39, 0.29) is 11.8 Å². The van der Waals surface area contributed by atoms with Crippen LogP contribution in [-0.4, -0.2) is 11.8 Å². The monoisotopic (exact) mass is 194 g/mol. The number of carbonyl (C=O) groups is 2. The minimum atomic E-state index is -0.190. The molecule has 0 radical (unpaired) electrons. The van der Waals surface area contributed by atoms with E-state index in [0.717, 1.165) is 0 Å². The number of carbonyl (C=O) groups excluding carboxylic acids is 2. The lowest BCUT2D eigenvalue weighted by molar-refractivity contribution is -0.119. The maximum atomic E-state index is 10.6. The summed E-state index contributed by atoms with van der Waals surface area (Å²) in [6, 6.07) is 0. The van der Waals surface area contributed by atoms with Gasteiger partial charge >= 0.3 is 0 Å². The minimum Gasteiger partial charge on any atom is -0.327 e. The first-order chi connectivity index (χ1) is 6.41. The zero-order valence-electron chi connectivity index (χ0n) is 8.39. The molecule has 0 aromatic heterocycles. The molecule has 0 saturated carbocycles. The summed E-state index contributed by atoms with van der Waals surface area (Å²) >= 11 is 0. The van der Waals surface area contributed by atoms with E-state index in [1.807, 2.05) is 0 Å². The number of allylic oxidation sites excluding steroid dienone is 2. The molecule has 4 nitrogen and oxygen atoms in total. The maximum absolute atomic E-state index is 10.6. The van der Waals surface area contributed by atoms with Crippen LogP contribution in [0, 0.1) is 0 Å². The lowest BCUT2D eigenvalue weighted by Crippen LogP contribution is -2.18. The van der Waals surface area contributed by atoms with E-state index < -0.39 is 0 Å². The first-order valence-electron chi connectivity index (χ1n) is 4.03. The standard InChI is InChI=1S/C10H14N2O2/c1-7(11-9(3)13)5-6-8(2)12-10(4)14/h5-6H,1-2H2,3-4H3,(H,11,13)(H,12,14). The summed E-state index contributed by atoms with van der Waals surface area (Å²) in [6.07, 6.45) is 3.11. The van der Waals surface area contributed by atoms with Gasteiger partial charge in [0.25, 0.3) is 0 Å². The van der Waals surface area contributed by atoms with Gasteiger partial charge in [0, 0.05) is 25.2 Å². The largest absolute Gasteiger partial charge is 0.327 e. The van der Waals surface area contributed by atoms with Gasteiger partial charge in [-0.2, -0.15) is 0 Å². The first-order valence-corrected chi connectivity index (χ1v) is 4.03. The van der Waals surface area contributed by atoms with Crippen molar-refractivity contribution in [3.63, 3.8) is 0 Å². The molecule has 0 aromatic carbocycles. The van der Waals surface area contributed by atoms with Gasteiger partial charge in [0.2, 0.25) is 11.8 Å². The molecule has 76 valence electrons. The number of hydrogen-bond donors (Lipinski definition) is 2. The Morgan fingerprint density at radius 1 is 0.929 bits per heavy atom. The zero-order chi connectivity index (χ0) is 11.1. The second-order valence-corrected chi connectivity index (χ2v) is 2.75. The average molecular weight is 194 g/mol. The van der Waals surface area contributed by atoms with E-state index in [2.05, 4.69) is 23.8 Å². The highest BCUT2D eigenvalue weighted by molar-refractivity contribution is 5.76. The zero-order valence-corrected chi connectivity index (χ0v) is 8.39. The van der Waals surface area contributed by atoms with Crippen molar-refractivity contribution in [3.8, 4) is 0 Å². The Bertz CT molecular complexity index is 273. The fourth-order valence-electron chi connectivity index (χ4n) is 0.737. The third-order valence-electron chi connectivity index (χ3n) is 1.16. The van der Waals surface area contributed by atoms with Crippen molar-refractivity contribution in [1.82, 2.24) is 10.6 Å². The number of hydrogen-bond acceptors (Lipinski definition) is 2. The highest BCUT2D eigenvalue weighted by Crippen LogP contribution is 1.92. The van der Waals surface area contributed by atoms with Crippen LogP contribution in [0.5, 0.6) is 0 Å². The van der Waals surface area contributed by atoms with E-state index in [1.54, 1.807) is 12.2 Å². The lowest BCUT2D eigenvalue weighted by atomic mass is 10.3. The van der Waals surface area contributed by atoms with Crippen molar-refractivity contribution in [1.29, 1.82) is 0 Å². The van der Waals surface area contributed by atoms with E-state index in [9.17, 15) is 9.59 Å². The van der Waals surface area contributed by atoms with Gasteiger partial charge in [0.05, 0.1) is 0 Å². The van der Waals surface area contributed by atoms with Gasteiger partial charge in [-0.25, -0.2) is 0 Å². The molecule has 2 N–H and O–H groups in total. The van der Waals surface area contributed by atoms with Gasteiger partial charge in [-0.1, -0.05) is 13.2 Å². The van der Waals surface area contributed by atoms with Crippen LogP contribution in [-0.2, 0) is 9.59 Å². The van der Waals surface area contributed by atoms with Crippen molar-refractivity contribution in [2.24, 2.45) is 0 Å². The molecule has 0 aliphatic heterocycles. The highest BCUT2D eigenvalue weighted by atomic mass is 16.2. The quantitative estimate of drug-likeness (QED) is 0.651. The van der Waals surface area contributed by atoms with Crippen molar-refractivity contribution in [3.05, 3.63) is 36.7 Å². The SMILES string of the molecule is C=C(C=CC(=C)NC(C)=O)NC(C)=O. The number of nitrogens with one attached hydrogen (secondary N) is 2. The smallest absolute Gasteiger partial charge is 0.221 e. The molecule has 0 bridgehead atoms. The molecule has 0 rings (SSSR count). The molecule has 0 saturated heterocycles. The number of amides is 2. The van der Waals surface area contributed by atoms with Crippen LogP contribution in [0.4, 0.5) is 0 Å². The predicted octanol–water partition coefficient (Wildman–Crippen LogP) is 0.842. The third-order valence-corrected chi connectivity index (χ3v) is 1.16. The molecular formula is C10H14N2O2. The van der Waals surface area contributed by atoms with E-state index in [1.165, 1.54) is 13.8 Å². The van der Waals surface area contributed by atoms with Crippen LogP contribution >= 0.6 is 0 Å². The maximum Gasteiger partial charge on any atom is 0.221 e. The summed E-state index contributed by atoms with van der Waals surface area (Å²) in [5.41, 5.74) is 0.896. The fraction of sp³-hybridized carbons (Fsp3) is 0.200. The molecule has 0 aliphatic carbocycles. The summed E-state index contributed by atoms with van der Waals surface area (Å²) in [5.74, 6) is -0.380. The molecule has 0 unspecified atom stereocenters. The molecule has 4 heteroatoms. The predicted molar refractivity (Wildman–Crippen MR) is 55.1 cm³/mol. The van der Waals surface area contributed by atoms with Gasteiger partial charge in [0.1, 0.15) is 0 Å². The Labute approximate surface area is 83.4 Å². The van der Waals surface area contributed by atoms with Gasteiger partial charge in [-0.3, -0.25) is 9.59 Å². The molecule has 0 atom stereocenters. The molecule has 0 spiro atoms. The van der Waals surface area contributed by atoms with Crippen LogP contribution in [0.25, 0.3) is 0 Å². The van der Waals surface area contributed by atoms with Crippen molar-refractivity contribution >= 4 is 11.8 Å². The van der Waals surface area contributed by atoms with Crippen LogP contribution in [0.2, 0.25) is 0 Å². The molecular weight excluding hydrogens is 180 g/mol. The summed E-state index contributed by atoms with van der Waals surface area (Å²) in [5, 5.41) is 4.95. The Morgan fingerprint density at radius 3 is 1.43 bits per heavy atom. The lowest BCUT2D eigenvalue weighted by Gasteiger charge is -2.01. The van der Waals surface area contributed by atoms with Crippen LogP contribution in [0.15, 0.2) is 36.7 Å². The molecule has 0 aliphatic rings. The third kappa shape index (κ3) is 6.84. The van der Waals surface area contributed by atoms with Crippen LogP contribution in [0.1, 0.15) is 13.8 Å². The Kier molecular flexibility index (Phi) is 4.99. The molecule has 0 aromatic rings. The fourth-order valence-corrected chi connectivity index (χ4v) is 0.737. The van der Waals surface area contributed by atoms with Gasteiger partial charge in [0.15, 0.2) is 0 Å². The van der Waals surface area contributed by atoms with Crippen LogP contribution in [0.3, 0.4) is 0 Å².